The molecule has 1 aliphatic heterocycles. The summed E-state index contributed by atoms with van der Waals surface area (Å²) in [6.45, 7) is 6.80. The van der Waals surface area contributed by atoms with E-state index in [4.69, 9.17) is 10.00 Å². The number of nitrogens with zero attached hydrogens (tertiary/aromatic N) is 2. The Morgan fingerprint density at radius 2 is 2.05 bits per heavy atom. The van der Waals surface area contributed by atoms with E-state index in [2.05, 4.69) is 6.92 Å². The third kappa shape index (κ3) is 5.27. The van der Waals surface area contributed by atoms with Gasteiger partial charge < -0.3 is 4.74 Å². The van der Waals surface area contributed by atoms with Crippen molar-refractivity contribution in [1.82, 2.24) is 4.90 Å². The number of hydrogen-bond donors (Lipinski definition) is 0. The normalized spacial score (nSPS) is 16.9. The lowest BCUT2D eigenvalue weighted by atomic mass is 10.0. The highest BCUT2D eigenvalue weighted by Crippen LogP contribution is 2.20. The maximum atomic E-state index is 12.1. The van der Waals surface area contributed by atoms with Crippen LogP contribution in [0.1, 0.15) is 59.3 Å². The van der Waals surface area contributed by atoms with Crippen molar-refractivity contribution in [2.45, 2.75) is 65.4 Å². The summed E-state index contributed by atoms with van der Waals surface area (Å²) in [7, 11) is 0. The molecule has 1 rings (SSSR count). The largest absolute Gasteiger partial charge is 0.378 e. The predicted molar refractivity (Wildman–Crippen MR) is 83.8 cm³/mol. The molecule has 0 aliphatic carbocycles. The fourth-order valence-corrected chi connectivity index (χ4v) is 2.42. The highest BCUT2D eigenvalue weighted by atomic mass is 16.5. The number of unbranched alkanes of at least 4 members (excludes halogenated alkanes) is 3. The van der Waals surface area contributed by atoms with E-state index >= 15 is 0 Å². The molecule has 0 saturated carbocycles. The molecule has 0 aromatic rings. The second-order valence-electron chi connectivity index (χ2n) is 5.83. The van der Waals surface area contributed by atoms with Crippen molar-refractivity contribution < 1.29 is 14.3 Å². The summed E-state index contributed by atoms with van der Waals surface area (Å²) >= 11 is 0. The number of ether oxygens (including phenoxy) is 1. The van der Waals surface area contributed by atoms with Gasteiger partial charge in [0.15, 0.2) is 0 Å². The van der Waals surface area contributed by atoms with Crippen LogP contribution in [0.5, 0.6) is 0 Å². The van der Waals surface area contributed by atoms with Crippen LogP contribution in [-0.4, -0.2) is 36.0 Å². The molecular weight excluding hydrogens is 280 g/mol. The monoisotopic (exact) mass is 306 g/mol. The van der Waals surface area contributed by atoms with Crippen LogP contribution in [0.3, 0.4) is 0 Å². The quantitative estimate of drug-likeness (QED) is 0.485. The molecule has 5 heteroatoms. The van der Waals surface area contributed by atoms with E-state index in [1.807, 2.05) is 13.0 Å². The Hall–Kier alpha value is -1.67. The zero-order valence-corrected chi connectivity index (χ0v) is 13.9. The minimum absolute atomic E-state index is 0.000217. The molecule has 22 heavy (non-hydrogen) atoms. The van der Waals surface area contributed by atoms with Crippen LogP contribution >= 0.6 is 0 Å². The van der Waals surface area contributed by atoms with Gasteiger partial charge in [-0.2, -0.15) is 5.26 Å². The third-order valence-corrected chi connectivity index (χ3v) is 3.87. The molecule has 0 saturated heterocycles. The molecule has 122 valence electrons. The number of hydrogen-bond acceptors (Lipinski definition) is 4. The van der Waals surface area contributed by atoms with Gasteiger partial charge in [-0.15, -0.1) is 0 Å². The number of rotatable bonds is 9. The molecule has 1 heterocycles. The van der Waals surface area contributed by atoms with E-state index in [1.54, 1.807) is 6.92 Å². The first-order valence-electron chi connectivity index (χ1n) is 8.07. The Morgan fingerprint density at radius 3 is 2.68 bits per heavy atom. The Bertz CT molecular complexity index is 477. The number of carbonyl (C=O) groups excluding carboxylic acids is 2. The van der Waals surface area contributed by atoms with Gasteiger partial charge in [0.05, 0.1) is 6.10 Å². The number of carbonyl (C=O) groups is 2. The minimum atomic E-state index is -0.466. The standard InChI is InChI=1S/C17H26N2O3/c1-4-5-6-7-10-22-14(3)8-9-19-16(20)11-13(2)15(12-18)17(19)21/h14H,4-11H2,1-3H3. The molecular formula is C17H26N2O3. The molecule has 5 nitrogen and oxygen atoms in total. The Kier molecular flexibility index (Phi) is 7.83. The van der Waals surface area contributed by atoms with Gasteiger partial charge in [0.25, 0.3) is 5.91 Å². The van der Waals surface area contributed by atoms with Gasteiger partial charge in [0, 0.05) is 19.6 Å². The van der Waals surface area contributed by atoms with Crippen LogP contribution in [0, 0.1) is 11.3 Å². The first-order chi connectivity index (χ1) is 10.5. The van der Waals surface area contributed by atoms with Crippen molar-refractivity contribution in [3.8, 4) is 6.07 Å². The Labute approximate surface area is 132 Å². The van der Waals surface area contributed by atoms with E-state index in [9.17, 15) is 9.59 Å². The van der Waals surface area contributed by atoms with Gasteiger partial charge >= 0.3 is 0 Å². The zero-order valence-electron chi connectivity index (χ0n) is 13.9. The van der Waals surface area contributed by atoms with Crippen LogP contribution in [-0.2, 0) is 14.3 Å². The third-order valence-electron chi connectivity index (χ3n) is 3.87. The zero-order chi connectivity index (χ0) is 16.5. The molecule has 0 N–H and O–H groups in total. The van der Waals surface area contributed by atoms with Gasteiger partial charge in [0.2, 0.25) is 5.91 Å². The van der Waals surface area contributed by atoms with Gasteiger partial charge in [-0.05, 0) is 32.3 Å². The lowest BCUT2D eigenvalue weighted by Gasteiger charge is -2.26. The highest BCUT2D eigenvalue weighted by molar-refractivity contribution is 6.10. The first-order valence-corrected chi connectivity index (χ1v) is 8.07. The van der Waals surface area contributed by atoms with Crippen LogP contribution in [0.15, 0.2) is 11.1 Å². The average molecular weight is 306 g/mol. The maximum Gasteiger partial charge on any atom is 0.271 e. The second kappa shape index (κ2) is 9.37. The Balaban J connectivity index is 2.39. The van der Waals surface area contributed by atoms with Gasteiger partial charge in [-0.1, -0.05) is 26.2 Å². The van der Waals surface area contributed by atoms with Crippen molar-refractivity contribution >= 4 is 11.8 Å². The fourth-order valence-electron chi connectivity index (χ4n) is 2.42. The van der Waals surface area contributed by atoms with Crippen LogP contribution in [0.2, 0.25) is 0 Å². The summed E-state index contributed by atoms with van der Waals surface area (Å²) < 4.78 is 5.70. The second-order valence-corrected chi connectivity index (χ2v) is 5.83. The van der Waals surface area contributed by atoms with Crippen molar-refractivity contribution in [3.05, 3.63) is 11.1 Å². The predicted octanol–water partition coefficient (Wildman–Crippen LogP) is 2.96. The van der Waals surface area contributed by atoms with Crippen molar-refractivity contribution in [2.24, 2.45) is 0 Å². The van der Waals surface area contributed by atoms with Crippen molar-refractivity contribution in [2.75, 3.05) is 13.2 Å². The molecule has 0 bridgehead atoms. The molecule has 0 radical (unpaired) electrons. The smallest absolute Gasteiger partial charge is 0.271 e. The fraction of sp³-hybridized carbons (Fsp3) is 0.706. The summed E-state index contributed by atoms with van der Waals surface area (Å²) in [5, 5.41) is 9.01. The number of nitriles is 1. The van der Waals surface area contributed by atoms with Gasteiger partial charge in [0.1, 0.15) is 11.6 Å². The summed E-state index contributed by atoms with van der Waals surface area (Å²) in [6, 6.07) is 1.90. The van der Waals surface area contributed by atoms with E-state index in [1.165, 1.54) is 24.2 Å². The summed E-state index contributed by atoms with van der Waals surface area (Å²) in [5.74, 6) is -0.692. The number of imide groups is 1. The molecule has 0 aromatic heterocycles. The summed E-state index contributed by atoms with van der Waals surface area (Å²) in [4.78, 5) is 25.2. The lowest BCUT2D eigenvalue weighted by molar-refractivity contribution is -0.143. The molecule has 2 amide bonds. The highest BCUT2D eigenvalue weighted by Gasteiger charge is 2.31. The van der Waals surface area contributed by atoms with Gasteiger partial charge in [-0.25, -0.2) is 0 Å². The average Bonchev–Trinajstić information content (AvgIpc) is 2.46. The van der Waals surface area contributed by atoms with E-state index in [-0.39, 0.29) is 24.0 Å². The molecule has 0 fully saturated rings. The Morgan fingerprint density at radius 1 is 1.32 bits per heavy atom. The topological polar surface area (TPSA) is 70.4 Å². The molecule has 1 atom stereocenters. The lowest BCUT2D eigenvalue weighted by Crippen LogP contribution is -2.42. The van der Waals surface area contributed by atoms with Crippen LogP contribution in [0.25, 0.3) is 0 Å². The first kappa shape index (κ1) is 18.4. The van der Waals surface area contributed by atoms with Crippen molar-refractivity contribution in [3.63, 3.8) is 0 Å². The maximum absolute atomic E-state index is 12.1. The minimum Gasteiger partial charge on any atom is -0.378 e. The molecule has 0 spiro atoms. The van der Waals surface area contributed by atoms with Crippen LogP contribution < -0.4 is 0 Å². The molecule has 1 unspecified atom stereocenters. The van der Waals surface area contributed by atoms with Crippen molar-refractivity contribution in [1.29, 1.82) is 5.26 Å². The van der Waals surface area contributed by atoms with Crippen LogP contribution in [0.4, 0.5) is 0 Å². The summed E-state index contributed by atoms with van der Waals surface area (Å²) in [6.07, 6.45) is 5.38. The van der Waals surface area contributed by atoms with E-state index in [0.717, 1.165) is 6.42 Å². The van der Waals surface area contributed by atoms with Gasteiger partial charge in [-0.3, -0.25) is 14.5 Å². The SMILES string of the molecule is CCCCCCOC(C)CCN1C(=O)CC(C)=C(C#N)C1=O. The molecule has 1 aliphatic rings. The number of amides is 2. The van der Waals surface area contributed by atoms with E-state index in [0.29, 0.717) is 25.1 Å². The molecule has 0 aromatic carbocycles. The summed E-state index contributed by atoms with van der Waals surface area (Å²) in [5.41, 5.74) is 0.668. The van der Waals surface area contributed by atoms with E-state index < -0.39 is 5.91 Å².